The number of hydrogen-bond acceptors (Lipinski definition) is 8. The molecule has 2 aromatic carbocycles. The second-order valence-electron chi connectivity index (χ2n) is 7.43. The smallest absolute Gasteiger partial charge is 0.396 e. The maximum Gasteiger partial charge on any atom is 0.449 e. The van der Waals surface area contributed by atoms with Crippen LogP contribution in [0.2, 0.25) is 0 Å². The van der Waals surface area contributed by atoms with E-state index in [0.717, 1.165) is 11.3 Å². The van der Waals surface area contributed by atoms with E-state index >= 15 is 0 Å². The lowest BCUT2D eigenvalue weighted by molar-refractivity contribution is 0.244. The maximum atomic E-state index is 11.9. The van der Waals surface area contributed by atoms with Crippen molar-refractivity contribution in [3.63, 3.8) is 0 Å². The van der Waals surface area contributed by atoms with Gasteiger partial charge in [0.05, 0.1) is 19.8 Å². The second-order valence-corrected chi connectivity index (χ2v) is 8.64. The Morgan fingerprint density at radius 3 is 2.15 bits per heavy atom. The highest BCUT2D eigenvalue weighted by molar-refractivity contribution is 7.82. The van der Waals surface area contributed by atoms with Crippen LogP contribution in [0, 0.1) is 5.92 Å². The molecule has 0 amide bonds. The standard InChI is InChI=1S/C24H33NO7S/c26-17-14-21(5-4-20-31-33(29,30)32-24-6-2-1-3-7-24)8-9-22-10-12-23(13-11-22)25(15-18-27)16-19-28/h1-3,6-13,21,26-28H,4-5,14-20H2/b9-8+. The van der Waals surface area contributed by atoms with E-state index in [2.05, 4.69) is 0 Å². The molecule has 33 heavy (non-hydrogen) atoms. The summed E-state index contributed by atoms with van der Waals surface area (Å²) in [7, 11) is -4.12. The molecule has 182 valence electrons. The van der Waals surface area contributed by atoms with Gasteiger partial charge in [-0.2, -0.15) is 8.42 Å². The van der Waals surface area contributed by atoms with Crippen LogP contribution in [0.3, 0.4) is 0 Å². The molecule has 0 saturated heterocycles. The van der Waals surface area contributed by atoms with Gasteiger partial charge >= 0.3 is 10.4 Å². The first-order chi connectivity index (χ1) is 16.0. The van der Waals surface area contributed by atoms with Crippen molar-refractivity contribution in [2.75, 3.05) is 44.4 Å². The number of aliphatic hydroxyl groups is 3. The Kier molecular flexibility index (Phi) is 11.9. The van der Waals surface area contributed by atoms with E-state index in [-0.39, 0.29) is 38.1 Å². The van der Waals surface area contributed by atoms with E-state index in [1.54, 1.807) is 18.2 Å². The van der Waals surface area contributed by atoms with Crippen LogP contribution in [-0.2, 0) is 14.6 Å². The summed E-state index contributed by atoms with van der Waals surface area (Å²) >= 11 is 0. The predicted octanol–water partition coefficient (Wildman–Crippen LogP) is 2.61. The minimum Gasteiger partial charge on any atom is -0.396 e. The molecule has 0 aliphatic rings. The van der Waals surface area contributed by atoms with Gasteiger partial charge < -0.3 is 24.4 Å². The van der Waals surface area contributed by atoms with Crippen molar-refractivity contribution in [3.05, 3.63) is 66.2 Å². The van der Waals surface area contributed by atoms with Gasteiger partial charge in [-0.15, -0.1) is 0 Å². The van der Waals surface area contributed by atoms with Crippen LogP contribution < -0.4 is 9.08 Å². The summed E-state index contributed by atoms with van der Waals surface area (Å²) in [6, 6.07) is 15.9. The van der Waals surface area contributed by atoms with Crippen molar-refractivity contribution < 1.29 is 32.1 Å². The SMILES string of the molecule is O=S(=O)(OCCCC(/C=C/c1ccc(N(CCO)CCO)cc1)CCO)Oc1ccccc1. The average molecular weight is 480 g/mol. The molecule has 2 aromatic rings. The maximum absolute atomic E-state index is 11.9. The zero-order valence-electron chi connectivity index (χ0n) is 18.6. The third-order valence-electron chi connectivity index (χ3n) is 4.95. The molecule has 0 spiro atoms. The average Bonchev–Trinajstić information content (AvgIpc) is 2.81. The van der Waals surface area contributed by atoms with Crippen molar-refractivity contribution in [1.82, 2.24) is 0 Å². The molecule has 0 aliphatic carbocycles. The highest BCUT2D eigenvalue weighted by atomic mass is 32.3. The van der Waals surface area contributed by atoms with Gasteiger partial charge in [0.25, 0.3) is 0 Å². The monoisotopic (exact) mass is 479 g/mol. The van der Waals surface area contributed by atoms with Crippen LogP contribution in [-0.4, -0.2) is 63.3 Å². The minimum atomic E-state index is -4.12. The number of nitrogens with zero attached hydrogens (tertiary/aromatic N) is 1. The highest BCUT2D eigenvalue weighted by Gasteiger charge is 2.14. The number of benzene rings is 2. The Hall–Kier alpha value is -2.43. The normalized spacial score (nSPS) is 12.7. The van der Waals surface area contributed by atoms with Gasteiger partial charge in [0.15, 0.2) is 0 Å². The van der Waals surface area contributed by atoms with E-state index in [1.165, 1.54) is 12.1 Å². The lowest BCUT2D eigenvalue weighted by Gasteiger charge is -2.22. The predicted molar refractivity (Wildman–Crippen MR) is 128 cm³/mol. The molecule has 0 aliphatic heterocycles. The molecule has 0 aromatic heterocycles. The van der Waals surface area contributed by atoms with Gasteiger partial charge in [0.2, 0.25) is 0 Å². The zero-order valence-corrected chi connectivity index (χ0v) is 19.4. The molecule has 8 nitrogen and oxygen atoms in total. The van der Waals surface area contributed by atoms with Crippen molar-refractivity contribution in [2.24, 2.45) is 5.92 Å². The molecule has 0 bridgehead atoms. The Balaban J connectivity index is 1.84. The fraction of sp³-hybridized carbons (Fsp3) is 0.417. The molecule has 9 heteroatoms. The lowest BCUT2D eigenvalue weighted by Crippen LogP contribution is -2.29. The van der Waals surface area contributed by atoms with Crippen LogP contribution in [0.5, 0.6) is 5.75 Å². The van der Waals surface area contributed by atoms with Crippen molar-refractivity contribution in [2.45, 2.75) is 19.3 Å². The molecule has 0 heterocycles. The quantitative estimate of drug-likeness (QED) is 0.315. The fourth-order valence-corrected chi connectivity index (χ4v) is 4.00. The third kappa shape index (κ3) is 10.4. The molecule has 3 N–H and O–H groups in total. The third-order valence-corrected chi connectivity index (χ3v) is 5.80. The number of aliphatic hydroxyl groups excluding tert-OH is 3. The van der Waals surface area contributed by atoms with Gasteiger partial charge in [-0.05, 0) is 55.0 Å². The number of allylic oxidation sites excluding steroid dienone is 1. The summed E-state index contributed by atoms with van der Waals surface area (Å²) in [6.07, 6.45) is 5.66. The summed E-state index contributed by atoms with van der Waals surface area (Å²) in [5.74, 6) is 0.261. The van der Waals surface area contributed by atoms with Gasteiger partial charge in [-0.3, -0.25) is 0 Å². The molecule has 2 rings (SSSR count). The molecule has 0 saturated carbocycles. The lowest BCUT2D eigenvalue weighted by atomic mass is 9.98. The molecule has 1 atom stereocenters. The molecular weight excluding hydrogens is 446 g/mol. The Labute approximate surface area is 196 Å². The molecule has 0 radical (unpaired) electrons. The van der Waals surface area contributed by atoms with Crippen molar-refractivity contribution >= 4 is 22.2 Å². The largest absolute Gasteiger partial charge is 0.449 e. The second kappa shape index (κ2) is 14.7. The summed E-state index contributed by atoms with van der Waals surface area (Å²) in [5.41, 5.74) is 1.89. The number of hydrogen-bond donors (Lipinski definition) is 3. The highest BCUT2D eigenvalue weighted by Crippen LogP contribution is 2.19. The van der Waals surface area contributed by atoms with Crippen molar-refractivity contribution in [3.8, 4) is 5.75 Å². The van der Waals surface area contributed by atoms with E-state index in [4.69, 9.17) is 8.37 Å². The fourth-order valence-electron chi connectivity index (χ4n) is 3.28. The van der Waals surface area contributed by atoms with Gasteiger partial charge in [0.1, 0.15) is 5.75 Å². The topological polar surface area (TPSA) is 117 Å². The van der Waals surface area contributed by atoms with Crippen LogP contribution in [0.25, 0.3) is 6.08 Å². The first-order valence-electron chi connectivity index (χ1n) is 11.0. The summed E-state index contributed by atoms with van der Waals surface area (Å²) < 4.78 is 33.6. The van der Waals surface area contributed by atoms with E-state index in [1.807, 2.05) is 41.3 Å². The summed E-state index contributed by atoms with van der Waals surface area (Å²) in [6.45, 7) is 0.930. The van der Waals surface area contributed by atoms with E-state index < -0.39 is 10.4 Å². The first kappa shape index (κ1) is 26.8. The van der Waals surface area contributed by atoms with Gasteiger partial charge in [-0.1, -0.05) is 42.5 Å². The van der Waals surface area contributed by atoms with E-state index in [9.17, 15) is 23.7 Å². The van der Waals surface area contributed by atoms with Crippen LogP contribution in [0.15, 0.2) is 60.7 Å². The van der Waals surface area contributed by atoms with Crippen LogP contribution >= 0.6 is 0 Å². The van der Waals surface area contributed by atoms with Gasteiger partial charge in [-0.25, -0.2) is 4.18 Å². The van der Waals surface area contributed by atoms with Gasteiger partial charge in [0, 0.05) is 25.4 Å². The van der Waals surface area contributed by atoms with Crippen molar-refractivity contribution in [1.29, 1.82) is 0 Å². The van der Waals surface area contributed by atoms with Crippen LogP contribution in [0.4, 0.5) is 5.69 Å². The van der Waals surface area contributed by atoms with E-state index in [0.29, 0.717) is 32.4 Å². The molecule has 1 unspecified atom stereocenters. The number of para-hydroxylation sites is 1. The molecule has 0 fully saturated rings. The zero-order chi connectivity index (χ0) is 23.9. The Bertz CT molecular complexity index is 912. The summed E-state index contributed by atoms with van der Waals surface area (Å²) in [4.78, 5) is 1.90. The Morgan fingerprint density at radius 1 is 0.879 bits per heavy atom. The molecular formula is C24H33NO7S. The number of rotatable bonds is 16. The number of anilines is 1. The summed E-state index contributed by atoms with van der Waals surface area (Å²) in [5, 5.41) is 27.7. The first-order valence-corrected chi connectivity index (χ1v) is 12.3. The Morgan fingerprint density at radius 2 is 1.55 bits per heavy atom. The minimum absolute atomic E-state index is 0.00783. The van der Waals surface area contributed by atoms with Crippen LogP contribution in [0.1, 0.15) is 24.8 Å².